The van der Waals surface area contributed by atoms with E-state index in [0.29, 0.717) is 0 Å². The molecule has 0 saturated carbocycles. The number of ether oxygens (including phenoxy) is 1. The van der Waals surface area contributed by atoms with Crippen LogP contribution in [0.5, 0.6) is 0 Å². The Kier molecular flexibility index (Phi) is 6.84. The smallest absolute Gasteiger partial charge is 0.411 e. The first kappa shape index (κ1) is 22.9. The fraction of sp³-hybridized carbons (Fsp3) is 0.200. The Hall–Kier alpha value is -4.24. The molecule has 0 fully saturated rings. The van der Waals surface area contributed by atoms with Gasteiger partial charge in [0, 0.05) is 25.1 Å². The molecule has 4 N–H and O–H groups in total. The van der Waals surface area contributed by atoms with Crippen molar-refractivity contribution in [3.8, 4) is 11.1 Å². The van der Waals surface area contributed by atoms with Gasteiger partial charge in [0.15, 0.2) is 11.8 Å². The zero-order chi connectivity index (χ0) is 24.1. The van der Waals surface area contributed by atoms with Gasteiger partial charge >= 0.3 is 12.1 Å². The first-order chi connectivity index (χ1) is 16.5. The molecule has 2 aromatic carbocycles. The molecule has 9 nitrogen and oxygen atoms in total. The van der Waals surface area contributed by atoms with Crippen LogP contribution >= 0.6 is 0 Å². The van der Waals surface area contributed by atoms with Crippen LogP contribution in [0.2, 0.25) is 0 Å². The first-order valence-electron chi connectivity index (χ1n) is 10.7. The summed E-state index contributed by atoms with van der Waals surface area (Å²) >= 11 is 0. The van der Waals surface area contributed by atoms with Gasteiger partial charge in [-0.25, -0.2) is 14.6 Å². The van der Waals surface area contributed by atoms with Crippen molar-refractivity contribution in [2.75, 3.05) is 18.5 Å². The van der Waals surface area contributed by atoms with Gasteiger partial charge in [0.25, 0.3) is 5.91 Å². The minimum absolute atomic E-state index is 0.0548. The molecule has 2 amide bonds. The van der Waals surface area contributed by atoms with Crippen molar-refractivity contribution in [1.29, 1.82) is 0 Å². The standard InChI is InChI=1S/C25H23N3O6/c29-21(24(31)32)11-13-27-23(30)22-20(10-5-12-26-22)28-25(33)34-14-19-17-8-3-1-6-15(17)16-7-2-4-9-18(16)19/h1-10,12,19,21,29H,11,13-14H2,(H,27,30)(H,28,33)(H,31,32). The number of rotatable bonds is 8. The van der Waals surface area contributed by atoms with Crippen LogP contribution in [0, 0.1) is 0 Å². The maximum Gasteiger partial charge on any atom is 0.411 e. The zero-order valence-electron chi connectivity index (χ0n) is 18.1. The number of nitrogens with zero attached hydrogens (tertiary/aromatic N) is 1. The molecular weight excluding hydrogens is 438 g/mol. The van der Waals surface area contributed by atoms with Crippen molar-refractivity contribution >= 4 is 23.7 Å². The number of hydrogen-bond donors (Lipinski definition) is 4. The highest BCUT2D eigenvalue weighted by Crippen LogP contribution is 2.44. The number of hydrogen-bond acceptors (Lipinski definition) is 6. The topological polar surface area (TPSA) is 138 Å². The molecular formula is C25H23N3O6. The van der Waals surface area contributed by atoms with E-state index in [4.69, 9.17) is 9.84 Å². The Balaban J connectivity index is 1.39. The predicted molar refractivity (Wildman–Crippen MR) is 124 cm³/mol. The molecule has 0 aliphatic heterocycles. The van der Waals surface area contributed by atoms with E-state index in [-0.39, 0.29) is 36.9 Å². The van der Waals surface area contributed by atoms with Crippen molar-refractivity contribution in [3.05, 3.63) is 83.7 Å². The zero-order valence-corrected chi connectivity index (χ0v) is 18.1. The van der Waals surface area contributed by atoms with Crippen LogP contribution in [0.3, 0.4) is 0 Å². The van der Waals surface area contributed by atoms with E-state index in [1.807, 2.05) is 48.5 Å². The fourth-order valence-electron chi connectivity index (χ4n) is 3.96. The molecule has 0 spiro atoms. The predicted octanol–water partition coefficient (Wildman–Crippen LogP) is 3.01. The van der Waals surface area contributed by atoms with Gasteiger partial charge in [-0.05, 0) is 34.4 Å². The van der Waals surface area contributed by atoms with Crippen LogP contribution in [0.1, 0.15) is 34.0 Å². The number of carbonyl (C=O) groups excluding carboxylic acids is 2. The number of nitrogens with one attached hydrogen (secondary N) is 2. The normalized spacial score (nSPS) is 12.9. The van der Waals surface area contributed by atoms with Crippen molar-refractivity contribution in [2.24, 2.45) is 0 Å². The van der Waals surface area contributed by atoms with E-state index in [2.05, 4.69) is 15.6 Å². The number of aliphatic carboxylic acids is 1. The molecule has 1 atom stereocenters. The molecule has 174 valence electrons. The Labute approximate surface area is 195 Å². The van der Waals surface area contributed by atoms with E-state index in [1.165, 1.54) is 12.3 Å². The van der Waals surface area contributed by atoms with Crippen LogP contribution in [-0.2, 0) is 9.53 Å². The van der Waals surface area contributed by atoms with E-state index in [1.54, 1.807) is 6.07 Å². The summed E-state index contributed by atoms with van der Waals surface area (Å²) in [7, 11) is 0. The number of aliphatic hydroxyl groups is 1. The Morgan fingerprint density at radius 2 is 1.62 bits per heavy atom. The number of anilines is 1. The molecule has 9 heteroatoms. The number of carboxylic acid groups (broad SMARTS) is 1. The maximum atomic E-state index is 12.6. The summed E-state index contributed by atoms with van der Waals surface area (Å²) in [5.74, 6) is -2.09. The second kappa shape index (κ2) is 10.1. The second-order valence-electron chi connectivity index (χ2n) is 7.75. The molecule has 4 rings (SSSR count). The molecule has 1 heterocycles. The van der Waals surface area contributed by atoms with Crippen molar-refractivity contribution in [1.82, 2.24) is 10.3 Å². The average molecular weight is 461 g/mol. The minimum atomic E-state index is -1.58. The van der Waals surface area contributed by atoms with E-state index in [0.717, 1.165) is 22.3 Å². The monoisotopic (exact) mass is 461 g/mol. The highest BCUT2D eigenvalue weighted by atomic mass is 16.5. The molecule has 0 bridgehead atoms. The largest absolute Gasteiger partial charge is 0.479 e. The maximum absolute atomic E-state index is 12.6. The Morgan fingerprint density at radius 3 is 2.26 bits per heavy atom. The van der Waals surface area contributed by atoms with Gasteiger partial charge in [-0.3, -0.25) is 10.1 Å². The van der Waals surface area contributed by atoms with Gasteiger partial charge in [0.2, 0.25) is 0 Å². The minimum Gasteiger partial charge on any atom is -0.479 e. The SMILES string of the molecule is O=C(Nc1cccnc1C(=O)NCCC(O)C(=O)O)OCC1c2ccccc2-c2ccccc21. The van der Waals surface area contributed by atoms with Gasteiger partial charge in [-0.1, -0.05) is 48.5 Å². The van der Waals surface area contributed by atoms with Gasteiger partial charge in [0.1, 0.15) is 6.61 Å². The third kappa shape index (κ3) is 4.89. The van der Waals surface area contributed by atoms with Gasteiger partial charge < -0.3 is 20.3 Å². The lowest BCUT2D eigenvalue weighted by molar-refractivity contribution is -0.146. The lowest BCUT2D eigenvalue weighted by Gasteiger charge is -2.15. The summed E-state index contributed by atoms with van der Waals surface area (Å²) < 4.78 is 5.51. The number of pyridine rings is 1. The summed E-state index contributed by atoms with van der Waals surface area (Å²) in [6, 6.07) is 19.1. The second-order valence-corrected chi connectivity index (χ2v) is 7.75. The van der Waals surface area contributed by atoms with Crippen LogP contribution in [0.15, 0.2) is 66.9 Å². The van der Waals surface area contributed by atoms with E-state index < -0.39 is 24.1 Å². The van der Waals surface area contributed by atoms with Gasteiger partial charge in [-0.2, -0.15) is 0 Å². The van der Waals surface area contributed by atoms with Crippen LogP contribution in [-0.4, -0.2) is 52.4 Å². The van der Waals surface area contributed by atoms with Crippen LogP contribution in [0.25, 0.3) is 11.1 Å². The van der Waals surface area contributed by atoms with Crippen molar-refractivity contribution in [3.63, 3.8) is 0 Å². The quantitative estimate of drug-likeness (QED) is 0.405. The third-order valence-corrected chi connectivity index (χ3v) is 5.59. The van der Waals surface area contributed by atoms with Crippen molar-refractivity contribution < 1.29 is 29.3 Å². The number of amides is 2. The third-order valence-electron chi connectivity index (χ3n) is 5.59. The van der Waals surface area contributed by atoms with Gasteiger partial charge in [-0.15, -0.1) is 0 Å². The molecule has 1 aliphatic carbocycles. The molecule has 34 heavy (non-hydrogen) atoms. The van der Waals surface area contributed by atoms with E-state index >= 15 is 0 Å². The summed E-state index contributed by atoms with van der Waals surface area (Å²) in [5.41, 5.74) is 4.50. The number of carboxylic acids is 1. The van der Waals surface area contributed by atoms with Crippen LogP contribution < -0.4 is 10.6 Å². The molecule has 0 radical (unpaired) electrons. The number of carbonyl (C=O) groups is 3. The highest BCUT2D eigenvalue weighted by Gasteiger charge is 2.29. The molecule has 0 saturated heterocycles. The number of aliphatic hydroxyl groups excluding tert-OH is 1. The number of aromatic nitrogens is 1. The molecule has 1 unspecified atom stereocenters. The van der Waals surface area contributed by atoms with Crippen LogP contribution in [0.4, 0.5) is 10.5 Å². The molecule has 1 aromatic heterocycles. The lowest BCUT2D eigenvalue weighted by Crippen LogP contribution is -2.31. The number of fused-ring (bicyclic) bond motifs is 3. The number of benzene rings is 2. The lowest BCUT2D eigenvalue weighted by atomic mass is 9.98. The Morgan fingerprint density at radius 1 is 0.971 bits per heavy atom. The van der Waals surface area contributed by atoms with Gasteiger partial charge in [0.05, 0.1) is 5.69 Å². The summed E-state index contributed by atoms with van der Waals surface area (Å²) in [6.07, 6.45) is -1.08. The Bertz CT molecular complexity index is 1180. The fourth-order valence-corrected chi connectivity index (χ4v) is 3.96. The van der Waals surface area contributed by atoms with E-state index in [9.17, 15) is 19.5 Å². The summed E-state index contributed by atoms with van der Waals surface area (Å²) in [4.78, 5) is 39.7. The summed E-state index contributed by atoms with van der Waals surface area (Å²) in [6.45, 7) is 0.0436. The first-order valence-corrected chi connectivity index (χ1v) is 10.7. The van der Waals surface area contributed by atoms with Crippen molar-refractivity contribution in [2.45, 2.75) is 18.4 Å². The summed E-state index contributed by atoms with van der Waals surface area (Å²) in [5, 5.41) is 23.1. The average Bonchev–Trinajstić information content (AvgIpc) is 3.16. The highest BCUT2D eigenvalue weighted by molar-refractivity contribution is 6.00. The molecule has 3 aromatic rings. The molecule has 1 aliphatic rings.